The molecule has 0 aromatic carbocycles. The monoisotopic (exact) mass is 292 g/mol. The Morgan fingerprint density at radius 2 is 2.05 bits per heavy atom. The van der Waals surface area contributed by atoms with Crippen LogP contribution in [0, 0.1) is 0 Å². The average molecular weight is 292 g/mol. The summed E-state index contributed by atoms with van der Waals surface area (Å²) in [7, 11) is 0. The number of rotatable bonds is 3. The van der Waals surface area contributed by atoms with Crippen molar-refractivity contribution in [2.75, 3.05) is 5.32 Å². The third kappa shape index (κ3) is 5.57. The predicted molar refractivity (Wildman–Crippen MR) is 81.1 cm³/mol. The summed E-state index contributed by atoms with van der Waals surface area (Å²) in [5.41, 5.74) is -0.462. The molecule has 0 bridgehead atoms. The molecular formula is C15H24N4O2. The van der Waals surface area contributed by atoms with E-state index in [1.807, 2.05) is 20.8 Å². The summed E-state index contributed by atoms with van der Waals surface area (Å²) in [5, 5.41) is 6.32. The number of aromatic nitrogens is 2. The fourth-order valence-corrected chi connectivity index (χ4v) is 2.51. The summed E-state index contributed by atoms with van der Waals surface area (Å²) in [6.45, 7) is 5.60. The molecule has 1 fully saturated rings. The van der Waals surface area contributed by atoms with E-state index in [-0.39, 0.29) is 12.1 Å². The van der Waals surface area contributed by atoms with Crippen LogP contribution in [0.25, 0.3) is 0 Å². The number of ether oxygens (including phenoxy) is 1. The van der Waals surface area contributed by atoms with Crippen LogP contribution >= 0.6 is 0 Å². The van der Waals surface area contributed by atoms with E-state index in [1.165, 1.54) is 0 Å². The summed E-state index contributed by atoms with van der Waals surface area (Å²) in [6, 6.07) is 0.443. The Kier molecular flexibility index (Phi) is 4.98. The van der Waals surface area contributed by atoms with Gasteiger partial charge in [0.2, 0.25) is 0 Å². The predicted octanol–water partition coefficient (Wildman–Crippen LogP) is 2.72. The third-order valence-electron chi connectivity index (χ3n) is 3.31. The number of carbonyl (C=O) groups is 1. The molecule has 1 aromatic heterocycles. The van der Waals surface area contributed by atoms with Crippen LogP contribution in [0.2, 0.25) is 0 Å². The first-order valence-corrected chi connectivity index (χ1v) is 7.44. The summed E-state index contributed by atoms with van der Waals surface area (Å²) in [4.78, 5) is 20.1. The van der Waals surface area contributed by atoms with E-state index in [2.05, 4.69) is 20.6 Å². The Morgan fingerprint density at radius 3 is 2.71 bits per heavy atom. The van der Waals surface area contributed by atoms with Crippen molar-refractivity contribution in [3.8, 4) is 0 Å². The minimum absolute atomic E-state index is 0.141. The zero-order valence-electron chi connectivity index (χ0n) is 12.9. The van der Waals surface area contributed by atoms with Gasteiger partial charge in [-0.25, -0.2) is 9.78 Å². The molecule has 6 heteroatoms. The average Bonchev–Trinajstić information content (AvgIpc) is 2.38. The van der Waals surface area contributed by atoms with Gasteiger partial charge >= 0.3 is 6.09 Å². The van der Waals surface area contributed by atoms with Crippen molar-refractivity contribution in [3.63, 3.8) is 0 Å². The van der Waals surface area contributed by atoms with Gasteiger partial charge in [0.15, 0.2) is 0 Å². The number of hydrogen-bond donors (Lipinski definition) is 2. The van der Waals surface area contributed by atoms with Crippen LogP contribution < -0.4 is 10.6 Å². The van der Waals surface area contributed by atoms with Crippen molar-refractivity contribution in [2.45, 2.75) is 64.1 Å². The highest BCUT2D eigenvalue weighted by Gasteiger charge is 2.25. The molecule has 21 heavy (non-hydrogen) atoms. The minimum Gasteiger partial charge on any atom is -0.444 e. The number of alkyl carbamates (subject to hydrolysis) is 1. The number of hydrogen-bond acceptors (Lipinski definition) is 5. The van der Waals surface area contributed by atoms with Gasteiger partial charge in [0.05, 0.1) is 6.20 Å². The van der Waals surface area contributed by atoms with Gasteiger partial charge in [0.25, 0.3) is 0 Å². The smallest absolute Gasteiger partial charge is 0.407 e. The second kappa shape index (κ2) is 6.74. The summed E-state index contributed by atoms with van der Waals surface area (Å²) < 4.78 is 5.30. The van der Waals surface area contributed by atoms with Crippen LogP contribution in [0.4, 0.5) is 10.6 Å². The molecule has 1 aliphatic rings. The van der Waals surface area contributed by atoms with E-state index in [9.17, 15) is 4.79 Å². The first kappa shape index (κ1) is 15.5. The summed E-state index contributed by atoms with van der Waals surface area (Å²) in [5.74, 6) is 0.778. The van der Waals surface area contributed by atoms with Crippen LogP contribution in [0.3, 0.4) is 0 Å². The van der Waals surface area contributed by atoms with E-state index < -0.39 is 5.60 Å². The lowest BCUT2D eigenvalue weighted by Crippen LogP contribution is -2.43. The van der Waals surface area contributed by atoms with Crippen molar-refractivity contribution >= 4 is 11.9 Å². The van der Waals surface area contributed by atoms with Gasteiger partial charge in [0.1, 0.15) is 11.4 Å². The maximum Gasteiger partial charge on any atom is 0.407 e. The molecule has 2 rings (SSSR count). The standard InChI is InChI=1S/C15H24N4O2/c1-15(2,3)21-14(20)19-12-6-4-5-11(9-12)18-13-10-16-7-8-17-13/h7-8,10-12H,4-6,9H2,1-3H3,(H,17,18)(H,19,20)/t11-,12+/m0/s1. The van der Waals surface area contributed by atoms with Gasteiger partial charge in [-0.1, -0.05) is 0 Å². The second-order valence-electron chi connectivity index (χ2n) is 6.44. The highest BCUT2D eigenvalue weighted by molar-refractivity contribution is 5.68. The van der Waals surface area contributed by atoms with E-state index in [1.54, 1.807) is 18.6 Å². The van der Waals surface area contributed by atoms with Gasteiger partial charge in [-0.15, -0.1) is 0 Å². The Balaban J connectivity index is 1.82. The van der Waals surface area contributed by atoms with E-state index in [0.29, 0.717) is 6.04 Å². The SMILES string of the molecule is CC(C)(C)OC(=O)N[C@@H]1CCC[C@H](Nc2cnccn2)C1. The zero-order valence-corrected chi connectivity index (χ0v) is 12.9. The lowest BCUT2D eigenvalue weighted by Gasteiger charge is -2.31. The van der Waals surface area contributed by atoms with Gasteiger partial charge in [0, 0.05) is 24.5 Å². The number of amides is 1. The number of nitrogens with zero attached hydrogens (tertiary/aromatic N) is 2. The van der Waals surface area contributed by atoms with Crippen LogP contribution in [-0.2, 0) is 4.74 Å². The third-order valence-corrected chi connectivity index (χ3v) is 3.31. The van der Waals surface area contributed by atoms with Gasteiger partial charge in [-0.2, -0.15) is 0 Å². The zero-order chi connectivity index (χ0) is 15.3. The van der Waals surface area contributed by atoms with Gasteiger partial charge < -0.3 is 15.4 Å². The Hall–Kier alpha value is -1.85. The quantitative estimate of drug-likeness (QED) is 0.896. The van der Waals surface area contributed by atoms with E-state index in [0.717, 1.165) is 31.5 Å². The molecule has 0 saturated heterocycles. The molecule has 1 aromatic rings. The summed E-state index contributed by atoms with van der Waals surface area (Å²) >= 11 is 0. The fraction of sp³-hybridized carbons (Fsp3) is 0.667. The van der Waals surface area contributed by atoms with Crippen molar-refractivity contribution in [1.29, 1.82) is 0 Å². The number of nitrogens with one attached hydrogen (secondary N) is 2. The molecule has 1 aliphatic carbocycles. The van der Waals surface area contributed by atoms with Crippen LogP contribution in [0.15, 0.2) is 18.6 Å². The van der Waals surface area contributed by atoms with E-state index in [4.69, 9.17) is 4.74 Å². The van der Waals surface area contributed by atoms with Gasteiger partial charge in [-0.3, -0.25) is 4.98 Å². The molecule has 1 saturated carbocycles. The molecule has 6 nitrogen and oxygen atoms in total. The lowest BCUT2D eigenvalue weighted by atomic mass is 9.91. The molecule has 1 heterocycles. The molecule has 0 aliphatic heterocycles. The van der Waals surface area contributed by atoms with Crippen LogP contribution in [0.5, 0.6) is 0 Å². The Morgan fingerprint density at radius 1 is 1.29 bits per heavy atom. The first-order valence-electron chi connectivity index (χ1n) is 7.44. The summed E-state index contributed by atoms with van der Waals surface area (Å²) in [6.07, 6.45) is 8.69. The van der Waals surface area contributed by atoms with Crippen molar-refractivity contribution in [1.82, 2.24) is 15.3 Å². The van der Waals surface area contributed by atoms with Gasteiger partial charge in [-0.05, 0) is 46.5 Å². The number of anilines is 1. The molecule has 2 atom stereocenters. The molecule has 116 valence electrons. The first-order chi connectivity index (χ1) is 9.92. The molecule has 1 amide bonds. The maximum absolute atomic E-state index is 11.8. The maximum atomic E-state index is 11.8. The van der Waals surface area contributed by atoms with Crippen LogP contribution in [0.1, 0.15) is 46.5 Å². The highest BCUT2D eigenvalue weighted by Crippen LogP contribution is 2.21. The van der Waals surface area contributed by atoms with E-state index >= 15 is 0 Å². The molecule has 0 unspecified atom stereocenters. The fourth-order valence-electron chi connectivity index (χ4n) is 2.51. The highest BCUT2D eigenvalue weighted by atomic mass is 16.6. The molecule has 0 spiro atoms. The minimum atomic E-state index is -0.462. The molecule has 0 radical (unpaired) electrons. The largest absolute Gasteiger partial charge is 0.444 e. The Bertz CT molecular complexity index is 458. The van der Waals surface area contributed by atoms with Crippen molar-refractivity contribution < 1.29 is 9.53 Å². The second-order valence-corrected chi connectivity index (χ2v) is 6.44. The van der Waals surface area contributed by atoms with Crippen LogP contribution in [-0.4, -0.2) is 33.7 Å². The van der Waals surface area contributed by atoms with Crippen molar-refractivity contribution in [2.24, 2.45) is 0 Å². The molecular weight excluding hydrogens is 268 g/mol. The Labute approximate surface area is 125 Å². The lowest BCUT2D eigenvalue weighted by molar-refractivity contribution is 0.0492. The topological polar surface area (TPSA) is 76.1 Å². The van der Waals surface area contributed by atoms with Crippen molar-refractivity contribution in [3.05, 3.63) is 18.6 Å². The number of carbonyl (C=O) groups excluding carboxylic acids is 1. The normalized spacial score (nSPS) is 22.4. The molecule has 2 N–H and O–H groups in total.